The number of aromatic nitrogens is 2. The van der Waals surface area contributed by atoms with Crippen LogP contribution in [0, 0.1) is 10.1 Å². The summed E-state index contributed by atoms with van der Waals surface area (Å²) in [5, 5.41) is 13.9. The Labute approximate surface area is 153 Å². The zero-order chi connectivity index (χ0) is 17.9. The van der Waals surface area contributed by atoms with Crippen molar-refractivity contribution in [1.29, 1.82) is 0 Å². The number of para-hydroxylation sites is 1. The van der Waals surface area contributed by atoms with Gasteiger partial charge in [0.15, 0.2) is 0 Å². The molecule has 6 heteroatoms. The third-order valence-corrected chi connectivity index (χ3v) is 4.89. The minimum Gasteiger partial charge on any atom is -0.264 e. The second-order valence-corrected chi connectivity index (χ2v) is 6.46. The van der Waals surface area contributed by atoms with Gasteiger partial charge in [0.2, 0.25) is 0 Å². The molecule has 4 rings (SSSR count). The Morgan fingerprint density at radius 1 is 0.885 bits per heavy atom. The largest absolute Gasteiger partial charge is 0.278 e. The van der Waals surface area contributed by atoms with Gasteiger partial charge in [0, 0.05) is 29.4 Å². The average Bonchev–Trinajstić information content (AvgIpc) is 3.18. The molecule has 0 spiro atoms. The molecule has 0 unspecified atom stereocenters. The molecule has 0 atom stereocenters. The monoisotopic (exact) mass is 359 g/mol. The summed E-state index contributed by atoms with van der Waals surface area (Å²) < 4.78 is 0. The van der Waals surface area contributed by atoms with E-state index >= 15 is 0 Å². The van der Waals surface area contributed by atoms with E-state index in [1.807, 2.05) is 41.8 Å². The first-order chi connectivity index (χ1) is 12.7. The molecule has 26 heavy (non-hydrogen) atoms. The van der Waals surface area contributed by atoms with E-state index in [1.54, 1.807) is 30.6 Å². The van der Waals surface area contributed by atoms with Crippen molar-refractivity contribution < 1.29 is 4.92 Å². The Hall–Kier alpha value is -3.38. The summed E-state index contributed by atoms with van der Waals surface area (Å²) in [5.41, 5.74) is 4.19. The minimum atomic E-state index is -0.381. The van der Waals surface area contributed by atoms with Gasteiger partial charge >= 0.3 is 0 Å². The first-order valence-electron chi connectivity index (χ1n) is 7.93. The summed E-state index contributed by atoms with van der Waals surface area (Å²) in [4.78, 5) is 19.8. The van der Waals surface area contributed by atoms with Gasteiger partial charge in [0.1, 0.15) is 5.01 Å². The normalized spacial score (nSPS) is 10.6. The van der Waals surface area contributed by atoms with Gasteiger partial charge in [-0.1, -0.05) is 42.5 Å². The standard InChI is InChI=1S/C20H13N3O2S/c24-23(25)19-9-5-4-8-16(19)18-13-26-20(22-18)17-12-21-11-10-15(17)14-6-2-1-3-7-14/h1-13H. The predicted molar refractivity (Wildman–Crippen MR) is 103 cm³/mol. The van der Waals surface area contributed by atoms with Crippen molar-refractivity contribution in [1.82, 2.24) is 9.97 Å². The Balaban J connectivity index is 1.81. The van der Waals surface area contributed by atoms with Crippen LogP contribution in [0.4, 0.5) is 5.69 Å². The molecule has 2 heterocycles. The van der Waals surface area contributed by atoms with Gasteiger partial charge in [-0.05, 0) is 23.3 Å². The molecule has 2 aromatic carbocycles. The molecular formula is C20H13N3O2S. The number of benzene rings is 2. The van der Waals surface area contributed by atoms with Crippen molar-refractivity contribution in [3.05, 3.63) is 88.6 Å². The van der Waals surface area contributed by atoms with Crippen molar-refractivity contribution in [3.8, 4) is 33.0 Å². The Bertz CT molecular complexity index is 1080. The molecule has 0 aliphatic rings. The lowest BCUT2D eigenvalue weighted by molar-refractivity contribution is -0.384. The number of rotatable bonds is 4. The summed E-state index contributed by atoms with van der Waals surface area (Å²) in [6, 6.07) is 18.6. The zero-order valence-corrected chi connectivity index (χ0v) is 14.4. The van der Waals surface area contributed by atoms with Gasteiger partial charge in [-0.2, -0.15) is 0 Å². The highest BCUT2D eigenvalue weighted by Crippen LogP contribution is 2.37. The van der Waals surface area contributed by atoms with Gasteiger partial charge in [-0.15, -0.1) is 11.3 Å². The number of hydrogen-bond donors (Lipinski definition) is 0. The number of nitrogens with zero attached hydrogens (tertiary/aromatic N) is 3. The van der Waals surface area contributed by atoms with Gasteiger partial charge in [0.05, 0.1) is 16.2 Å². The Kier molecular flexibility index (Phi) is 4.25. The highest BCUT2D eigenvalue weighted by Gasteiger charge is 2.18. The Morgan fingerprint density at radius 3 is 2.46 bits per heavy atom. The van der Waals surface area contributed by atoms with Crippen LogP contribution in [0.15, 0.2) is 78.4 Å². The molecule has 0 saturated carbocycles. The highest BCUT2D eigenvalue weighted by atomic mass is 32.1. The molecule has 0 bridgehead atoms. The third kappa shape index (κ3) is 2.98. The first kappa shape index (κ1) is 16.1. The molecule has 0 amide bonds. The lowest BCUT2D eigenvalue weighted by Gasteiger charge is -2.06. The summed E-state index contributed by atoms with van der Waals surface area (Å²) in [5.74, 6) is 0. The van der Waals surface area contributed by atoms with Crippen molar-refractivity contribution in [3.63, 3.8) is 0 Å². The van der Waals surface area contributed by atoms with Gasteiger partial charge in [-0.3, -0.25) is 15.1 Å². The van der Waals surface area contributed by atoms with E-state index in [0.717, 1.165) is 21.7 Å². The fraction of sp³-hybridized carbons (Fsp3) is 0. The summed E-state index contributed by atoms with van der Waals surface area (Å²) in [6.07, 6.45) is 3.53. The van der Waals surface area contributed by atoms with Gasteiger partial charge < -0.3 is 0 Å². The van der Waals surface area contributed by atoms with Crippen molar-refractivity contribution in [2.45, 2.75) is 0 Å². The van der Waals surface area contributed by atoms with E-state index in [4.69, 9.17) is 0 Å². The van der Waals surface area contributed by atoms with E-state index < -0.39 is 0 Å². The fourth-order valence-electron chi connectivity index (χ4n) is 2.80. The average molecular weight is 359 g/mol. The van der Waals surface area contributed by atoms with Crippen molar-refractivity contribution in [2.75, 3.05) is 0 Å². The summed E-state index contributed by atoms with van der Waals surface area (Å²) >= 11 is 1.45. The van der Waals surface area contributed by atoms with Crippen LogP contribution in [-0.4, -0.2) is 14.9 Å². The van der Waals surface area contributed by atoms with E-state index in [9.17, 15) is 10.1 Å². The quantitative estimate of drug-likeness (QED) is 0.359. The summed E-state index contributed by atoms with van der Waals surface area (Å²) in [7, 11) is 0. The van der Waals surface area contributed by atoms with E-state index in [-0.39, 0.29) is 10.6 Å². The van der Waals surface area contributed by atoms with E-state index in [0.29, 0.717) is 11.3 Å². The lowest BCUT2D eigenvalue weighted by atomic mass is 10.0. The van der Waals surface area contributed by atoms with Crippen LogP contribution in [0.5, 0.6) is 0 Å². The van der Waals surface area contributed by atoms with Gasteiger partial charge in [-0.25, -0.2) is 4.98 Å². The third-order valence-electron chi connectivity index (χ3n) is 4.02. The van der Waals surface area contributed by atoms with Crippen LogP contribution >= 0.6 is 11.3 Å². The lowest BCUT2D eigenvalue weighted by Crippen LogP contribution is -1.92. The molecule has 126 valence electrons. The molecule has 0 aliphatic carbocycles. The highest BCUT2D eigenvalue weighted by molar-refractivity contribution is 7.13. The van der Waals surface area contributed by atoms with Crippen LogP contribution < -0.4 is 0 Å². The molecule has 0 N–H and O–H groups in total. The topological polar surface area (TPSA) is 68.9 Å². The number of pyridine rings is 1. The second-order valence-electron chi connectivity index (χ2n) is 5.60. The number of nitro groups is 1. The maximum atomic E-state index is 11.3. The van der Waals surface area contributed by atoms with Crippen LogP contribution in [0.1, 0.15) is 0 Å². The fourth-order valence-corrected chi connectivity index (χ4v) is 3.65. The Morgan fingerprint density at radius 2 is 1.65 bits per heavy atom. The van der Waals surface area contributed by atoms with Crippen LogP contribution in [0.3, 0.4) is 0 Å². The molecule has 5 nitrogen and oxygen atoms in total. The number of hydrogen-bond acceptors (Lipinski definition) is 5. The number of nitro benzene ring substituents is 1. The maximum absolute atomic E-state index is 11.3. The molecule has 0 aliphatic heterocycles. The van der Waals surface area contributed by atoms with E-state index in [2.05, 4.69) is 9.97 Å². The van der Waals surface area contributed by atoms with E-state index in [1.165, 1.54) is 17.4 Å². The molecular weight excluding hydrogens is 346 g/mol. The second kappa shape index (κ2) is 6.85. The molecule has 4 aromatic rings. The molecule has 0 saturated heterocycles. The molecule has 0 radical (unpaired) electrons. The van der Waals surface area contributed by atoms with Crippen molar-refractivity contribution in [2.24, 2.45) is 0 Å². The smallest absolute Gasteiger partial charge is 0.264 e. The summed E-state index contributed by atoms with van der Waals surface area (Å²) in [6.45, 7) is 0. The SMILES string of the molecule is O=[N+]([O-])c1ccccc1-c1csc(-c2cnccc2-c2ccccc2)n1. The first-order valence-corrected chi connectivity index (χ1v) is 8.81. The minimum absolute atomic E-state index is 0.0545. The zero-order valence-electron chi connectivity index (χ0n) is 13.6. The van der Waals surface area contributed by atoms with Gasteiger partial charge in [0.25, 0.3) is 5.69 Å². The van der Waals surface area contributed by atoms with Crippen LogP contribution in [0.25, 0.3) is 33.0 Å². The maximum Gasteiger partial charge on any atom is 0.278 e. The van der Waals surface area contributed by atoms with Crippen LogP contribution in [0.2, 0.25) is 0 Å². The molecule has 2 aromatic heterocycles. The van der Waals surface area contributed by atoms with Crippen molar-refractivity contribution >= 4 is 17.0 Å². The van der Waals surface area contributed by atoms with Crippen LogP contribution in [-0.2, 0) is 0 Å². The number of thiazole rings is 1. The molecule has 0 fully saturated rings. The predicted octanol–water partition coefficient (Wildman–Crippen LogP) is 5.45.